The van der Waals surface area contributed by atoms with Crippen molar-refractivity contribution in [2.45, 2.75) is 25.3 Å². The molecule has 4 nitrogen and oxygen atoms in total. The molecule has 1 heterocycles. The zero-order valence-corrected chi connectivity index (χ0v) is 17.0. The molecular weight excluding hydrogens is 372 g/mol. The van der Waals surface area contributed by atoms with E-state index in [-0.39, 0.29) is 6.04 Å². The lowest BCUT2D eigenvalue weighted by atomic mass is 9.87. The number of nitrogens with zero attached hydrogens (tertiary/aromatic N) is 2. The van der Waals surface area contributed by atoms with Gasteiger partial charge >= 0.3 is 0 Å². The van der Waals surface area contributed by atoms with Crippen molar-refractivity contribution in [3.8, 4) is 28.3 Å². The molecule has 4 aromatic rings. The maximum Gasteiger partial charge on any atom is 0.298 e. The number of rotatable bonds is 4. The number of hydrogen-bond donors (Lipinski definition) is 1. The van der Waals surface area contributed by atoms with Gasteiger partial charge in [0.05, 0.1) is 0 Å². The normalized spacial score (nSPS) is 15.6. The lowest BCUT2D eigenvalue weighted by Gasteiger charge is -2.31. The molecule has 150 valence electrons. The number of oxazole rings is 1. The molecule has 1 atom stereocenters. The Morgan fingerprint density at radius 2 is 1.60 bits per heavy atom. The van der Waals surface area contributed by atoms with E-state index in [0.29, 0.717) is 11.8 Å². The van der Waals surface area contributed by atoms with Crippen LogP contribution in [0, 0.1) is 0 Å². The van der Waals surface area contributed by atoms with E-state index < -0.39 is 0 Å². The van der Waals surface area contributed by atoms with E-state index in [2.05, 4.69) is 35.2 Å². The zero-order chi connectivity index (χ0) is 20.5. The Labute approximate surface area is 176 Å². The van der Waals surface area contributed by atoms with Gasteiger partial charge in [0.2, 0.25) is 0 Å². The van der Waals surface area contributed by atoms with Gasteiger partial charge in [0.15, 0.2) is 5.76 Å². The summed E-state index contributed by atoms with van der Waals surface area (Å²) >= 11 is 0. The second kappa shape index (κ2) is 7.71. The van der Waals surface area contributed by atoms with Crippen LogP contribution in [-0.2, 0) is 12.8 Å². The maximum atomic E-state index is 10.1. The first kappa shape index (κ1) is 18.5. The van der Waals surface area contributed by atoms with Gasteiger partial charge in [-0.2, -0.15) is 4.98 Å². The maximum absolute atomic E-state index is 10.1. The van der Waals surface area contributed by atoms with Crippen LogP contribution < -0.4 is 4.90 Å². The van der Waals surface area contributed by atoms with Gasteiger partial charge in [-0.3, -0.25) is 0 Å². The first-order valence-electron chi connectivity index (χ1n) is 10.3. The average molecular weight is 396 g/mol. The van der Waals surface area contributed by atoms with Crippen LogP contribution in [0.3, 0.4) is 0 Å². The van der Waals surface area contributed by atoms with E-state index in [9.17, 15) is 5.11 Å². The summed E-state index contributed by atoms with van der Waals surface area (Å²) in [7, 11) is 2.05. The average Bonchev–Trinajstić information content (AvgIpc) is 3.25. The monoisotopic (exact) mass is 396 g/mol. The highest BCUT2D eigenvalue weighted by Gasteiger charge is 2.27. The summed E-state index contributed by atoms with van der Waals surface area (Å²) in [6.45, 7) is 0. The van der Waals surface area contributed by atoms with Gasteiger partial charge in [-0.15, -0.1) is 0 Å². The van der Waals surface area contributed by atoms with Gasteiger partial charge in [0.25, 0.3) is 6.01 Å². The fourth-order valence-electron chi connectivity index (χ4n) is 4.29. The molecule has 0 saturated heterocycles. The Hall–Kier alpha value is -3.53. The molecule has 4 heteroatoms. The molecule has 0 amide bonds. The van der Waals surface area contributed by atoms with Crippen LogP contribution in [-0.4, -0.2) is 23.2 Å². The van der Waals surface area contributed by atoms with Crippen molar-refractivity contribution in [1.82, 2.24) is 4.98 Å². The molecule has 3 aromatic carbocycles. The van der Waals surface area contributed by atoms with Gasteiger partial charge < -0.3 is 14.4 Å². The summed E-state index contributed by atoms with van der Waals surface area (Å²) in [4.78, 5) is 7.06. The molecule has 0 aliphatic heterocycles. The number of anilines is 1. The van der Waals surface area contributed by atoms with Gasteiger partial charge in [0, 0.05) is 24.2 Å². The van der Waals surface area contributed by atoms with Crippen molar-refractivity contribution >= 4 is 6.01 Å². The lowest BCUT2D eigenvalue weighted by Crippen LogP contribution is -2.36. The molecule has 0 bridgehead atoms. The van der Waals surface area contributed by atoms with Crippen molar-refractivity contribution in [3.05, 3.63) is 90.0 Å². The number of hydrogen-bond acceptors (Lipinski definition) is 4. The lowest BCUT2D eigenvalue weighted by molar-refractivity contribution is 0.447. The quantitative estimate of drug-likeness (QED) is 0.480. The minimum absolute atomic E-state index is 0.269. The van der Waals surface area contributed by atoms with E-state index in [0.717, 1.165) is 47.4 Å². The van der Waals surface area contributed by atoms with Crippen molar-refractivity contribution < 1.29 is 9.52 Å². The Morgan fingerprint density at radius 1 is 0.900 bits per heavy atom. The highest BCUT2D eigenvalue weighted by molar-refractivity contribution is 5.78. The number of aromatic nitrogens is 1. The molecule has 1 aliphatic carbocycles. The van der Waals surface area contributed by atoms with E-state index in [4.69, 9.17) is 9.40 Å². The van der Waals surface area contributed by atoms with Crippen LogP contribution in [0.25, 0.3) is 22.6 Å². The Bertz CT molecular complexity index is 1100. The molecule has 1 aromatic heterocycles. The highest BCUT2D eigenvalue weighted by atomic mass is 16.4. The number of benzene rings is 3. The summed E-state index contributed by atoms with van der Waals surface area (Å²) in [5, 5.41) is 10.1. The molecule has 0 radical (unpaired) electrons. The molecule has 0 fully saturated rings. The van der Waals surface area contributed by atoms with E-state index >= 15 is 0 Å². The largest absolute Gasteiger partial charge is 0.508 e. The first-order valence-corrected chi connectivity index (χ1v) is 10.3. The van der Waals surface area contributed by atoms with Gasteiger partial charge in [-0.25, -0.2) is 0 Å². The predicted octanol–water partition coefficient (Wildman–Crippen LogP) is 5.71. The zero-order valence-electron chi connectivity index (χ0n) is 17.0. The molecule has 5 rings (SSSR count). The van der Waals surface area contributed by atoms with Crippen LogP contribution in [0.5, 0.6) is 5.75 Å². The molecule has 1 unspecified atom stereocenters. The predicted molar refractivity (Wildman–Crippen MR) is 120 cm³/mol. The van der Waals surface area contributed by atoms with Crippen LogP contribution in [0.15, 0.2) is 83.3 Å². The third kappa shape index (κ3) is 3.35. The molecule has 0 spiro atoms. The van der Waals surface area contributed by atoms with Crippen LogP contribution >= 0.6 is 0 Å². The van der Waals surface area contributed by atoms with E-state index in [1.54, 1.807) is 6.07 Å². The smallest absolute Gasteiger partial charge is 0.298 e. The fraction of sp³-hybridized carbons (Fsp3) is 0.192. The van der Waals surface area contributed by atoms with Crippen LogP contribution in [0.2, 0.25) is 0 Å². The molecular formula is C26H24N2O2. The van der Waals surface area contributed by atoms with Gasteiger partial charge in [0.1, 0.15) is 11.4 Å². The number of phenolic OH excluding ortho intramolecular Hbond substituents is 1. The molecule has 0 saturated carbocycles. The Balaban J connectivity index is 1.51. The van der Waals surface area contributed by atoms with Crippen LogP contribution in [0.1, 0.15) is 17.5 Å². The summed E-state index contributed by atoms with van der Waals surface area (Å²) in [5.74, 6) is 1.19. The first-order chi connectivity index (χ1) is 14.7. The third-order valence-corrected chi connectivity index (χ3v) is 5.98. The Kier molecular flexibility index (Phi) is 4.75. The molecule has 1 aliphatic rings. The van der Waals surface area contributed by atoms with Crippen molar-refractivity contribution in [2.24, 2.45) is 0 Å². The number of phenols is 1. The number of fused-ring (bicyclic) bond motifs is 1. The topological polar surface area (TPSA) is 49.5 Å². The molecule has 30 heavy (non-hydrogen) atoms. The standard InChI is InChI=1S/C26H24N2O2/c1-28(21-15-16-22-20(17-21)13-8-14-23(22)29)26-27-24(18-9-4-2-5-10-18)25(30-26)19-11-6-3-7-12-19/h2-14,21,29H,15-17H2,1H3. The number of aromatic hydroxyl groups is 1. The minimum atomic E-state index is 0.269. The highest BCUT2D eigenvalue weighted by Crippen LogP contribution is 2.37. The van der Waals surface area contributed by atoms with E-state index in [1.165, 1.54) is 5.56 Å². The Morgan fingerprint density at radius 3 is 2.33 bits per heavy atom. The van der Waals surface area contributed by atoms with Crippen molar-refractivity contribution in [2.75, 3.05) is 11.9 Å². The summed E-state index contributed by atoms with van der Waals surface area (Å²) in [6, 6.07) is 27.0. The van der Waals surface area contributed by atoms with E-state index in [1.807, 2.05) is 49.5 Å². The minimum Gasteiger partial charge on any atom is -0.508 e. The summed E-state index contributed by atoms with van der Waals surface area (Å²) in [6.07, 6.45) is 2.67. The summed E-state index contributed by atoms with van der Waals surface area (Å²) in [5.41, 5.74) is 5.19. The third-order valence-electron chi connectivity index (χ3n) is 5.98. The van der Waals surface area contributed by atoms with Gasteiger partial charge in [-0.05, 0) is 36.5 Å². The summed E-state index contributed by atoms with van der Waals surface area (Å²) < 4.78 is 6.35. The SMILES string of the molecule is CN(c1nc(-c2ccccc2)c(-c2ccccc2)o1)C1CCc2c(O)cccc2C1. The second-order valence-electron chi connectivity index (χ2n) is 7.83. The van der Waals surface area contributed by atoms with Crippen LogP contribution in [0.4, 0.5) is 6.01 Å². The van der Waals surface area contributed by atoms with Gasteiger partial charge in [-0.1, -0.05) is 72.8 Å². The second-order valence-corrected chi connectivity index (χ2v) is 7.83. The van der Waals surface area contributed by atoms with Crippen molar-refractivity contribution in [3.63, 3.8) is 0 Å². The fourth-order valence-corrected chi connectivity index (χ4v) is 4.29. The molecule has 1 N–H and O–H groups in total. The number of likely N-dealkylation sites (N-methyl/N-ethyl adjacent to an activating group) is 1. The van der Waals surface area contributed by atoms with Crippen molar-refractivity contribution in [1.29, 1.82) is 0 Å².